The van der Waals surface area contributed by atoms with Crippen LogP contribution in [0.1, 0.15) is 0 Å². The molecule has 90 valence electrons. The van der Waals surface area contributed by atoms with Crippen LogP contribution in [-0.2, 0) is 0 Å². The molecule has 7 heteroatoms. The summed E-state index contributed by atoms with van der Waals surface area (Å²) in [4.78, 5) is 4.10. The van der Waals surface area contributed by atoms with Gasteiger partial charge in [-0.25, -0.2) is 9.37 Å². The maximum absolute atomic E-state index is 13.5. The monoisotopic (exact) mass is 244 g/mol. The number of hydrogen-bond donors (Lipinski definition) is 2. The number of nitrogens with two attached hydrogens (primary N) is 1. The summed E-state index contributed by atoms with van der Waals surface area (Å²) in [5.41, 5.74) is 6.39. The molecule has 3 aromatic rings. The molecule has 0 spiro atoms. The van der Waals surface area contributed by atoms with Crippen LogP contribution < -0.4 is 11.1 Å². The number of rotatable bonds is 2. The molecule has 0 aliphatic heterocycles. The highest BCUT2D eigenvalue weighted by Gasteiger charge is 2.09. The van der Waals surface area contributed by atoms with Crippen molar-refractivity contribution in [1.29, 1.82) is 0 Å². The fourth-order valence-corrected chi connectivity index (χ4v) is 1.62. The Morgan fingerprint density at radius 1 is 1.22 bits per heavy atom. The van der Waals surface area contributed by atoms with Gasteiger partial charge in [0.2, 0.25) is 11.6 Å². The Kier molecular flexibility index (Phi) is 2.30. The number of halogens is 1. The summed E-state index contributed by atoms with van der Waals surface area (Å²) in [6.07, 6.45) is 3.17. The van der Waals surface area contributed by atoms with Crippen LogP contribution in [0, 0.1) is 5.82 Å². The zero-order chi connectivity index (χ0) is 12.5. The first-order valence-electron chi connectivity index (χ1n) is 5.22. The van der Waals surface area contributed by atoms with E-state index in [4.69, 9.17) is 5.73 Å². The summed E-state index contributed by atoms with van der Waals surface area (Å²) in [7, 11) is 0. The number of benzene rings is 1. The Labute approximate surface area is 101 Å². The minimum atomic E-state index is -0.367. The lowest BCUT2D eigenvalue weighted by atomic mass is 10.3. The van der Waals surface area contributed by atoms with Gasteiger partial charge in [-0.3, -0.25) is 4.40 Å². The Morgan fingerprint density at radius 2 is 2.06 bits per heavy atom. The van der Waals surface area contributed by atoms with Gasteiger partial charge in [0.15, 0.2) is 5.82 Å². The van der Waals surface area contributed by atoms with Crippen molar-refractivity contribution in [2.75, 3.05) is 11.1 Å². The van der Waals surface area contributed by atoms with E-state index in [1.165, 1.54) is 12.3 Å². The second-order valence-corrected chi connectivity index (χ2v) is 3.63. The average Bonchev–Trinajstić information content (AvgIpc) is 2.76. The largest absolute Gasteiger partial charge is 0.368 e. The van der Waals surface area contributed by atoms with E-state index in [0.717, 1.165) is 0 Å². The molecule has 3 N–H and O–H groups in total. The van der Waals surface area contributed by atoms with Crippen LogP contribution in [0.3, 0.4) is 0 Å². The summed E-state index contributed by atoms with van der Waals surface area (Å²) >= 11 is 0. The van der Waals surface area contributed by atoms with E-state index < -0.39 is 0 Å². The van der Waals surface area contributed by atoms with E-state index in [0.29, 0.717) is 17.2 Å². The van der Waals surface area contributed by atoms with Crippen LogP contribution in [0.4, 0.5) is 21.8 Å². The van der Waals surface area contributed by atoms with Gasteiger partial charge in [-0.1, -0.05) is 12.1 Å². The van der Waals surface area contributed by atoms with Crippen LogP contribution in [0.2, 0.25) is 0 Å². The van der Waals surface area contributed by atoms with Gasteiger partial charge < -0.3 is 11.1 Å². The highest BCUT2D eigenvalue weighted by Crippen LogP contribution is 2.21. The quantitative estimate of drug-likeness (QED) is 0.715. The third-order valence-electron chi connectivity index (χ3n) is 2.48. The Balaban J connectivity index is 2.08. The van der Waals surface area contributed by atoms with Crippen molar-refractivity contribution < 1.29 is 4.39 Å². The lowest BCUT2D eigenvalue weighted by molar-refractivity contribution is 0.632. The molecule has 3 rings (SSSR count). The van der Waals surface area contributed by atoms with Gasteiger partial charge in [0, 0.05) is 12.4 Å². The normalized spacial score (nSPS) is 10.7. The number of para-hydroxylation sites is 1. The number of nitrogens with one attached hydrogen (secondary N) is 1. The van der Waals surface area contributed by atoms with Gasteiger partial charge in [-0.15, -0.1) is 10.2 Å². The molecule has 2 heterocycles. The van der Waals surface area contributed by atoms with Crippen molar-refractivity contribution in [2.24, 2.45) is 0 Å². The minimum Gasteiger partial charge on any atom is -0.368 e. The first-order valence-corrected chi connectivity index (χ1v) is 5.22. The molecular formula is C11H9FN6. The molecule has 0 fully saturated rings. The number of nitrogen functional groups attached to an aromatic ring is 1. The van der Waals surface area contributed by atoms with E-state index in [1.807, 2.05) is 0 Å². The van der Waals surface area contributed by atoms with E-state index in [1.54, 1.807) is 28.8 Å². The Hall–Kier alpha value is -2.70. The Bertz CT molecular complexity index is 708. The third-order valence-corrected chi connectivity index (χ3v) is 2.48. The number of fused-ring (bicyclic) bond motifs is 1. The van der Waals surface area contributed by atoms with Gasteiger partial charge >= 0.3 is 0 Å². The van der Waals surface area contributed by atoms with Crippen molar-refractivity contribution in [3.05, 3.63) is 42.5 Å². The van der Waals surface area contributed by atoms with E-state index in [9.17, 15) is 4.39 Å². The number of nitrogens with zero attached hydrogens (tertiary/aromatic N) is 4. The van der Waals surface area contributed by atoms with Gasteiger partial charge in [-0.05, 0) is 12.1 Å². The number of aromatic nitrogens is 4. The average molecular weight is 244 g/mol. The highest BCUT2D eigenvalue weighted by molar-refractivity contribution is 5.70. The van der Waals surface area contributed by atoms with Crippen LogP contribution in [0.15, 0.2) is 36.7 Å². The summed E-state index contributed by atoms with van der Waals surface area (Å²) in [6, 6.07) is 6.31. The molecule has 0 radical (unpaired) electrons. The van der Waals surface area contributed by atoms with Gasteiger partial charge in [0.25, 0.3) is 0 Å². The maximum Gasteiger partial charge on any atom is 0.226 e. The van der Waals surface area contributed by atoms with Crippen LogP contribution in [0.25, 0.3) is 5.65 Å². The third kappa shape index (κ3) is 1.61. The van der Waals surface area contributed by atoms with Crippen LogP contribution >= 0.6 is 0 Å². The van der Waals surface area contributed by atoms with Gasteiger partial charge in [-0.2, -0.15) is 0 Å². The van der Waals surface area contributed by atoms with Crippen LogP contribution in [0.5, 0.6) is 0 Å². The van der Waals surface area contributed by atoms with E-state index in [2.05, 4.69) is 20.5 Å². The minimum absolute atomic E-state index is 0.254. The molecule has 1 aromatic carbocycles. The SMILES string of the molecule is Nc1nnc2c(Nc3ccccc3F)nccn12. The lowest BCUT2D eigenvalue weighted by Crippen LogP contribution is -2.00. The molecule has 0 aliphatic carbocycles. The zero-order valence-corrected chi connectivity index (χ0v) is 9.21. The first kappa shape index (κ1) is 10.5. The lowest BCUT2D eigenvalue weighted by Gasteiger charge is -2.06. The van der Waals surface area contributed by atoms with Gasteiger partial charge in [0.1, 0.15) is 5.82 Å². The van der Waals surface area contributed by atoms with E-state index in [-0.39, 0.29) is 11.8 Å². The van der Waals surface area contributed by atoms with Crippen molar-refractivity contribution in [2.45, 2.75) is 0 Å². The second kappa shape index (κ2) is 3.95. The molecule has 0 saturated carbocycles. The van der Waals surface area contributed by atoms with Crippen molar-refractivity contribution in [3.8, 4) is 0 Å². The molecule has 18 heavy (non-hydrogen) atoms. The molecule has 2 aromatic heterocycles. The predicted octanol–water partition coefficient (Wildman–Crippen LogP) is 1.59. The van der Waals surface area contributed by atoms with E-state index >= 15 is 0 Å². The fraction of sp³-hybridized carbons (Fsp3) is 0. The smallest absolute Gasteiger partial charge is 0.226 e. The summed E-state index contributed by atoms with van der Waals surface area (Å²) in [5.74, 6) is 0.282. The predicted molar refractivity (Wildman–Crippen MR) is 64.9 cm³/mol. The maximum atomic E-state index is 13.5. The van der Waals surface area contributed by atoms with Crippen molar-refractivity contribution >= 4 is 23.1 Å². The Morgan fingerprint density at radius 3 is 2.89 bits per heavy atom. The molecule has 0 bridgehead atoms. The molecule has 0 aliphatic rings. The summed E-state index contributed by atoms with van der Waals surface area (Å²) < 4.78 is 15.1. The molecule has 0 atom stereocenters. The zero-order valence-electron chi connectivity index (χ0n) is 9.21. The first-order chi connectivity index (χ1) is 8.75. The summed E-state index contributed by atoms with van der Waals surface area (Å²) in [5, 5.41) is 10.5. The standard InChI is InChI=1S/C11H9FN6/c12-7-3-1-2-4-8(7)15-9-10-16-17-11(13)18(10)6-5-14-9/h1-6H,(H2,13,17)(H,14,15). The summed E-state index contributed by atoms with van der Waals surface area (Å²) in [6.45, 7) is 0. The molecular weight excluding hydrogens is 235 g/mol. The number of anilines is 3. The molecule has 0 unspecified atom stereocenters. The fourth-order valence-electron chi connectivity index (χ4n) is 1.62. The van der Waals surface area contributed by atoms with Crippen molar-refractivity contribution in [1.82, 2.24) is 19.6 Å². The van der Waals surface area contributed by atoms with Gasteiger partial charge in [0.05, 0.1) is 5.69 Å². The molecule has 0 saturated heterocycles. The second-order valence-electron chi connectivity index (χ2n) is 3.63. The van der Waals surface area contributed by atoms with Crippen molar-refractivity contribution in [3.63, 3.8) is 0 Å². The molecule has 6 nitrogen and oxygen atoms in total. The number of hydrogen-bond acceptors (Lipinski definition) is 5. The highest BCUT2D eigenvalue weighted by atomic mass is 19.1. The topological polar surface area (TPSA) is 81.1 Å². The van der Waals surface area contributed by atoms with Crippen LogP contribution in [-0.4, -0.2) is 19.6 Å². The molecule has 0 amide bonds.